The van der Waals surface area contributed by atoms with Crippen LogP contribution < -0.4 is 0 Å². The fourth-order valence-electron chi connectivity index (χ4n) is 3.94. The van der Waals surface area contributed by atoms with Crippen LogP contribution in [0.5, 0.6) is 0 Å². The van der Waals surface area contributed by atoms with E-state index >= 15 is 0 Å². The van der Waals surface area contributed by atoms with Gasteiger partial charge in [-0.25, -0.2) is 0 Å². The number of carbonyl (C=O) groups excluding carboxylic acids is 5. The van der Waals surface area contributed by atoms with Crippen LogP contribution in [0.2, 0.25) is 0 Å². The molecule has 2 aliphatic rings. The Hall–Kier alpha value is -3.36. The number of nitrogens with zero attached hydrogens (tertiary/aromatic N) is 2. The lowest BCUT2D eigenvalue weighted by atomic mass is 9.96. The molecular weight excluding hydrogens is 540 g/mol. The molecule has 2 saturated heterocycles. The van der Waals surface area contributed by atoms with Gasteiger partial charge in [0.05, 0.1) is 10.6 Å². The van der Waals surface area contributed by atoms with Crippen molar-refractivity contribution in [3.8, 4) is 0 Å². The first-order chi connectivity index (χ1) is 17.9. The quantitative estimate of drug-likeness (QED) is 0.204. The van der Waals surface area contributed by atoms with Crippen molar-refractivity contribution in [3.63, 3.8) is 0 Å². The molecule has 0 bridgehead atoms. The molecule has 1 aromatic rings. The van der Waals surface area contributed by atoms with Gasteiger partial charge in [0, 0.05) is 33.9 Å². The van der Waals surface area contributed by atoms with E-state index < -0.39 is 67.0 Å². The summed E-state index contributed by atoms with van der Waals surface area (Å²) in [6, 6.07) is 5.24. The van der Waals surface area contributed by atoms with E-state index in [2.05, 4.69) is 4.98 Å². The molecule has 12 nitrogen and oxygen atoms in total. The van der Waals surface area contributed by atoms with Crippen molar-refractivity contribution >= 4 is 63.7 Å². The van der Waals surface area contributed by atoms with E-state index in [-0.39, 0.29) is 9.23 Å². The molecule has 0 N–H and O–H groups in total. The van der Waals surface area contributed by atoms with Gasteiger partial charge < -0.3 is 23.7 Å². The van der Waals surface area contributed by atoms with Crippen molar-refractivity contribution in [1.29, 1.82) is 0 Å². The lowest BCUT2D eigenvalue weighted by molar-refractivity contribution is -0.268. The Kier molecular flexibility index (Phi) is 9.57. The molecule has 0 aliphatic carbocycles. The van der Waals surface area contributed by atoms with Crippen molar-refractivity contribution in [1.82, 2.24) is 9.88 Å². The van der Waals surface area contributed by atoms with Gasteiger partial charge in [0.2, 0.25) is 0 Å². The Morgan fingerprint density at radius 1 is 0.947 bits per heavy atom. The lowest BCUT2D eigenvalue weighted by Gasteiger charge is -2.46. The minimum atomic E-state index is -1.45. The second-order valence-electron chi connectivity index (χ2n) is 8.30. The highest BCUT2D eigenvalue weighted by molar-refractivity contribution is 8.26. The number of pyridine rings is 1. The van der Waals surface area contributed by atoms with E-state index in [4.69, 9.17) is 35.9 Å². The minimum absolute atomic E-state index is 0.0705. The summed E-state index contributed by atoms with van der Waals surface area (Å²) in [5.74, 6) is -3.55. The first-order valence-electron chi connectivity index (χ1n) is 11.4. The monoisotopic (exact) mass is 566 g/mol. The molecule has 2 fully saturated rings. The Labute approximate surface area is 228 Å². The Morgan fingerprint density at radius 2 is 1.55 bits per heavy atom. The number of esters is 4. The van der Waals surface area contributed by atoms with Crippen LogP contribution in [0.4, 0.5) is 0 Å². The third kappa shape index (κ3) is 6.74. The first-order valence-corrected chi connectivity index (χ1v) is 12.6. The molecule has 3 rings (SSSR count). The molecule has 14 heteroatoms. The summed E-state index contributed by atoms with van der Waals surface area (Å²) in [7, 11) is 0. The van der Waals surface area contributed by atoms with E-state index in [1.165, 1.54) is 6.92 Å². The minimum Gasteiger partial charge on any atom is -0.463 e. The number of hydrogen-bond acceptors (Lipinski definition) is 13. The largest absolute Gasteiger partial charge is 0.463 e. The second kappa shape index (κ2) is 12.5. The number of aromatic nitrogens is 1. The number of thioether (sulfide) groups is 1. The van der Waals surface area contributed by atoms with Gasteiger partial charge in [-0.3, -0.25) is 33.9 Å². The highest BCUT2D eigenvalue weighted by atomic mass is 32.2. The van der Waals surface area contributed by atoms with Gasteiger partial charge >= 0.3 is 23.9 Å². The van der Waals surface area contributed by atoms with Gasteiger partial charge in [-0.1, -0.05) is 30.0 Å². The van der Waals surface area contributed by atoms with Crippen LogP contribution in [-0.2, 0) is 47.7 Å². The number of hydrogen-bond donors (Lipinski definition) is 0. The number of ether oxygens (including phenoxy) is 5. The molecule has 0 aromatic carbocycles. The third-order valence-corrected chi connectivity index (χ3v) is 6.91. The third-order valence-electron chi connectivity index (χ3n) is 5.41. The van der Waals surface area contributed by atoms with E-state index in [0.29, 0.717) is 11.3 Å². The van der Waals surface area contributed by atoms with Crippen molar-refractivity contribution in [3.05, 3.63) is 35.0 Å². The molecule has 0 saturated carbocycles. The highest BCUT2D eigenvalue weighted by Crippen LogP contribution is 2.41. The van der Waals surface area contributed by atoms with Gasteiger partial charge in [0.25, 0.3) is 5.91 Å². The summed E-state index contributed by atoms with van der Waals surface area (Å²) >= 11 is 6.49. The molecule has 5 unspecified atom stereocenters. The maximum atomic E-state index is 13.7. The molecule has 2 aliphatic heterocycles. The van der Waals surface area contributed by atoms with Crippen LogP contribution >= 0.6 is 24.0 Å². The van der Waals surface area contributed by atoms with Crippen LogP contribution in [0.1, 0.15) is 40.3 Å². The smallest absolute Gasteiger partial charge is 0.303 e. The van der Waals surface area contributed by atoms with Gasteiger partial charge in [-0.2, -0.15) is 0 Å². The Morgan fingerprint density at radius 3 is 2.11 bits per heavy atom. The van der Waals surface area contributed by atoms with Gasteiger partial charge in [0.1, 0.15) is 12.7 Å². The maximum Gasteiger partial charge on any atom is 0.303 e. The normalized spacial score (nSPS) is 26.4. The predicted octanol–water partition coefficient (Wildman–Crippen LogP) is 1.76. The zero-order chi connectivity index (χ0) is 28.1. The summed E-state index contributed by atoms with van der Waals surface area (Å²) in [5, 5.41) is 0. The van der Waals surface area contributed by atoms with Crippen LogP contribution in [-0.4, -0.2) is 81.2 Å². The zero-order valence-electron chi connectivity index (χ0n) is 21.2. The molecule has 3 heterocycles. The number of rotatable bonds is 7. The van der Waals surface area contributed by atoms with Crippen LogP contribution in [0.3, 0.4) is 0 Å². The first kappa shape index (κ1) is 29.2. The molecule has 204 valence electrons. The number of carbonyl (C=O) groups is 5. The highest BCUT2D eigenvalue weighted by Gasteiger charge is 2.56. The summed E-state index contributed by atoms with van der Waals surface area (Å²) in [6.07, 6.45) is -5.28. The molecule has 0 spiro atoms. The summed E-state index contributed by atoms with van der Waals surface area (Å²) in [6.45, 7) is 5.80. The predicted molar refractivity (Wildman–Crippen MR) is 136 cm³/mol. The van der Waals surface area contributed by atoms with E-state index in [1.807, 2.05) is 0 Å². The molecule has 0 radical (unpaired) electrons. The lowest BCUT2D eigenvalue weighted by Crippen LogP contribution is -2.66. The average Bonchev–Trinajstić information content (AvgIpc) is 3.13. The fraction of sp³-hybridized carbons (Fsp3) is 0.458. The Balaban J connectivity index is 2.09. The molecule has 1 amide bonds. The van der Waals surface area contributed by atoms with Crippen molar-refractivity contribution in [2.75, 3.05) is 6.61 Å². The number of allylic oxidation sites excluding steroid dienone is 1. The zero-order valence-corrected chi connectivity index (χ0v) is 22.8. The molecule has 5 atom stereocenters. The summed E-state index contributed by atoms with van der Waals surface area (Å²) in [4.78, 5) is 66.9. The van der Waals surface area contributed by atoms with Crippen molar-refractivity contribution < 1.29 is 47.7 Å². The second-order valence-corrected chi connectivity index (χ2v) is 9.95. The van der Waals surface area contributed by atoms with E-state index in [9.17, 15) is 24.0 Å². The van der Waals surface area contributed by atoms with E-state index in [0.717, 1.165) is 37.4 Å². The molecular formula is C24H26N2O10S2. The number of amides is 1. The van der Waals surface area contributed by atoms with Gasteiger partial charge in [-0.05, 0) is 24.6 Å². The van der Waals surface area contributed by atoms with Crippen molar-refractivity contribution in [2.45, 2.75) is 65.3 Å². The van der Waals surface area contributed by atoms with Crippen LogP contribution in [0.25, 0.3) is 5.57 Å². The maximum absolute atomic E-state index is 13.7. The summed E-state index contributed by atoms with van der Waals surface area (Å²) in [5.41, 5.74) is 1.10. The fourth-order valence-corrected chi connectivity index (χ4v) is 5.28. The van der Waals surface area contributed by atoms with Crippen molar-refractivity contribution in [2.24, 2.45) is 0 Å². The molecule has 38 heavy (non-hydrogen) atoms. The average molecular weight is 567 g/mol. The van der Waals surface area contributed by atoms with Crippen LogP contribution in [0.15, 0.2) is 29.3 Å². The topological polar surface area (TPSA) is 148 Å². The summed E-state index contributed by atoms with van der Waals surface area (Å²) < 4.78 is 27.5. The number of thiocarbonyl (C=S) groups is 1. The molecule has 1 aromatic heterocycles. The van der Waals surface area contributed by atoms with E-state index in [1.54, 1.807) is 31.3 Å². The Bertz CT molecular complexity index is 1170. The van der Waals surface area contributed by atoms with Crippen LogP contribution in [0, 0.1) is 0 Å². The van der Waals surface area contributed by atoms with Gasteiger partial charge in [-0.15, -0.1) is 0 Å². The van der Waals surface area contributed by atoms with Gasteiger partial charge in [0.15, 0.2) is 28.9 Å². The SMILES string of the molecule is CC(=O)OCC1OC(N2C(=O)/C(=C(/C)c3ccccn3)SC2=S)C(OC(C)=O)C(OC(C)=O)C1OC(C)=O. The standard InChI is InChI=1S/C24H26N2O10S2/c1-11(16-8-6-7-9-25-16)21-22(31)26(24(37)38-21)23-20(35-15(5)30)19(34-14(4)29)18(33-13(3)28)17(36-23)10-32-12(2)27/h6-9,17-20,23H,10H2,1-5H3/b21-11+.